The quantitative estimate of drug-likeness (QED) is 0.785. The van der Waals surface area contributed by atoms with Crippen LogP contribution in [-0.4, -0.2) is 9.97 Å². The highest BCUT2D eigenvalue weighted by molar-refractivity contribution is 9.10. The van der Waals surface area contributed by atoms with Gasteiger partial charge in [-0.25, -0.2) is 9.97 Å². The first-order valence-corrected chi connectivity index (χ1v) is 5.57. The molecule has 0 unspecified atom stereocenters. The normalized spacial score (nSPS) is 10.4. The largest absolute Gasteiger partial charge is 0.439 e. The predicted octanol–water partition coefficient (Wildman–Crippen LogP) is 3.29. The highest BCUT2D eigenvalue weighted by Gasteiger charge is 2.04. The Morgan fingerprint density at radius 2 is 2.21 bits per heavy atom. The Kier molecular flexibility index (Phi) is 2.88. The van der Waals surface area contributed by atoms with Gasteiger partial charge in [0.25, 0.3) is 5.22 Å². The molecule has 0 aliphatic carbocycles. The van der Waals surface area contributed by atoms with Crippen molar-refractivity contribution in [1.82, 2.24) is 9.97 Å². The van der Waals surface area contributed by atoms with Crippen LogP contribution in [-0.2, 0) is 0 Å². The summed E-state index contributed by atoms with van der Waals surface area (Å²) in [5.41, 5.74) is 0.877. The van der Waals surface area contributed by atoms with Gasteiger partial charge in [-0.1, -0.05) is 6.07 Å². The number of halogens is 1. The van der Waals surface area contributed by atoms with Gasteiger partial charge < -0.3 is 4.42 Å². The van der Waals surface area contributed by atoms with Crippen molar-refractivity contribution in [1.29, 1.82) is 0 Å². The summed E-state index contributed by atoms with van der Waals surface area (Å²) in [4.78, 5) is 8.43. The van der Waals surface area contributed by atoms with Gasteiger partial charge in [-0.3, -0.25) is 0 Å². The molecule has 0 saturated carbocycles. The van der Waals surface area contributed by atoms with Crippen LogP contribution in [0.2, 0.25) is 0 Å². The Hall–Kier alpha value is -0.810. The van der Waals surface area contributed by atoms with E-state index in [1.54, 1.807) is 6.26 Å². The van der Waals surface area contributed by atoms with Crippen molar-refractivity contribution in [3.8, 4) is 0 Å². The van der Waals surface area contributed by atoms with E-state index in [-0.39, 0.29) is 0 Å². The number of hydrogen-bond donors (Lipinski definition) is 0. The van der Waals surface area contributed by atoms with E-state index in [2.05, 4.69) is 25.9 Å². The summed E-state index contributed by atoms with van der Waals surface area (Å²) in [6, 6.07) is 5.72. The Bertz CT molecular complexity index is 444. The summed E-state index contributed by atoms with van der Waals surface area (Å²) in [7, 11) is 0. The maximum Gasteiger partial charge on any atom is 0.262 e. The fraction of sp³-hybridized carbons (Fsp3) is 0.111. The molecule has 0 radical (unpaired) electrons. The summed E-state index contributed by atoms with van der Waals surface area (Å²) >= 11 is 4.71. The van der Waals surface area contributed by atoms with E-state index in [0.717, 1.165) is 15.3 Å². The molecule has 0 aliphatic heterocycles. The monoisotopic (exact) mass is 270 g/mol. The fourth-order valence-electron chi connectivity index (χ4n) is 0.915. The second kappa shape index (κ2) is 4.14. The van der Waals surface area contributed by atoms with Gasteiger partial charge in [0.05, 0.1) is 5.69 Å². The molecule has 2 rings (SSSR count). The molecule has 2 aromatic heterocycles. The lowest BCUT2D eigenvalue weighted by molar-refractivity contribution is 0.454. The van der Waals surface area contributed by atoms with Crippen molar-refractivity contribution in [3.05, 3.63) is 34.8 Å². The number of rotatable bonds is 2. The molecule has 0 fully saturated rings. The lowest BCUT2D eigenvalue weighted by Gasteiger charge is -1.95. The van der Waals surface area contributed by atoms with Crippen LogP contribution < -0.4 is 0 Å². The molecule has 5 heteroatoms. The van der Waals surface area contributed by atoms with E-state index in [1.807, 2.05) is 25.1 Å². The van der Waals surface area contributed by atoms with Crippen molar-refractivity contribution in [2.75, 3.05) is 0 Å². The third-order valence-corrected chi connectivity index (χ3v) is 2.72. The zero-order chi connectivity index (χ0) is 9.97. The maximum atomic E-state index is 5.20. The molecule has 0 aliphatic rings. The van der Waals surface area contributed by atoms with Crippen molar-refractivity contribution in [3.63, 3.8) is 0 Å². The topological polar surface area (TPSA) is 38.9 Å². The molecule has 2 aromatic rings. The van der Waals surface area contributed by atoms with Gasteiger partial charge in [-0.15, -0.1) is 0 Å². The summed E-state index contributed by atoms with van der Waals surface area (Å²) in [5, 5.41) is 1.48. The van der Waals surface area contributed by atoms with Crippen LogP contribution in [0, 0.1) is 6.92 Å². The number of oxazole rings is 1. The molecular formula is C9H7BrN2OS. The van der Waals surface area contributed by atoms with Crippen LogP contribution >= 0.6 is 27.7 Å². The molecule has 0 saturated heterocycles. The smallest absolute Gasteiger partial charge is 0.262 e. The highest BCUT2D eigenvalue weighted by Crippen LogP contribution is 2.25. The molecule has 0 amide bonds. The standard InChI is InChI=1S/C9H7BrN2OS/c1-6-5-13-9(11-6)14-8-4-2-3-7(10)12-8/h2-5H,1H3. The van der Waals surface area contributed by atoms with Crippen LogP contribution in [0.1, 0.15) is 5.69 Å². The van der Waals surface area contributed by atoms with E-state index in [0.29, 0.717) is 5.22 Å². The predicted molar refractivity (Wildman–Crippen MR) is 57.3 cm³/mol. The Balaban J connectivity index is 2.18. The van der Waals surface area contributed by atoms with Crippen LogP contribution in [0.3, 0.4) is 0 Å². The van der Waals surface area contributed by atoms with Gasteiger partial charge in [0.1, 0.15) is 15.9 Å². The molecule has 2 heterocycles. The minimum atomic E-state index is 0.619. The lowest BCUT2D eigenvalue weighted by atomic mass is 10.5. The van der Waals surface area contributed by atoms with Gasteiger partial charge >= 0.3 is 0 Å². The first-order valence-electron chi connectivity index (χ1n) is 3.96. The summed E-state index contributed by atoms with van der Waals surface area (Å²) in [6.45, 7) is 1.89. The third kappa shape index (κ3) is 2.36. The molecule has 3 nitrogen and oxygen atoms in total. The molecule has 0 spiro atoms. The molecule has 0 aromatic carbocycles. The number of hydrogen-bond acceptors (Lipinski definition) is 4. The number of nitrogens with zero attached hydrogens (tertiary/aromatic N) is 2. The molecule has 14 heavy (non-hydrogen) atoms. The van der Waals surface area contributed by atoms with Gasteiger partial charge in [0.15, 0.2) is 0 Å². The fourth-order valence-corrected chi connectivity index (χ4v) is 2.13. The van der Waals surface area contributed by atoms with Crippen molar-refractivity contribution in [2.24, 2.45) is 0 Å². The Morgan fingerprint density at radius 3 is 2.86 bits per heavy atom. The Morgan fingerprint density at radius 1 is 1.36 bits per heavy atom. The van der Waals surface area contributed by atoms with Gasteiger partial charge in [-0.2, -0.15) is 0 Å². The summed E-state index contributed by atoms with van der Waals surface area (Å²) in [5.74, 6) is 0. The van der Waals surface area contributed by atoms with E-state index < -0.39 is 0 Å². The van der Waals surface area contributed by atoms with Crippen LogP contribution in [0.15, 0.2) is 43.7 Å². The second-order valence-corrected chi connectivity index (χ2v) is 4.44. The average Bonchev–Trinajstić information content (AvgIpc) is 2.51. The first-order chi connectivity index (χ1) is 6.74. The number of pyridine rings is 1. The minimum absolute atomic E-state index is 0.619. The van der Waals surface area contributed by atoms with E-state index in [9.17, 15) is 0 Å². The summed E-state index contributed by atoms with van der Waals surface area (Å²) in [6.07, 6.45) is 1.63. The van der Waals surface area contributed by atoms with Crippen LogP contribution in [0.5, 0.6) is 0 Å². The highest BCUT2D eigenvalue weighted by atomic mass is 79.9. The average molecular weight is 271 g/mol. The van der Waals surface area contributed by atoms with Gasteiger partial charge in [0, 0.05) is 0 Å². The second-order valence-electron chi connectivity index (χ2n) is 2.66. The molecule has 72 valence electrons. The van der Waals surface area contributed by atoms with Gasteiger partial charge in [-0.05, 0) is 46.7 Å². The van der Waals surface area contributed by atoms with Crippen molar-refractivity contribution >= 4 is 27.7 Å². The van der Waals surface area contributed by atoms with Crippen LogP contribution in [0.25, 0.3) is 0 Å². The van der Waals surface area contributed by atoms with Crippen molar-refractivity contribution in [2.45, 2.75) is 17.2 Å². The first kappa shape index (κ1) is 9.73. The lowest BCUT2D eigenvalue weighted by Crippen LogP contribution is -1.80. The van der Waals surface area contributed by atoms with E-state index in [1.165, 1.54) is 11.8 Å². The van der Waals surface area contributed by atoms with Crippen molar-refractivity contribution < 1.29 is 4.42 Å². The van der Waals surface area contributed by atoms with Crippen LogP contribution in [0.4, 0.5) is 0 Å². The zero-order valence-corrected chi connectivity index (χ0v) is 9.80. The molecule has 0 atom stereocenters. The molecule has 0 N–H and O–H groups in total. The molecular weight excluding hydrogens is 264 g/mol. The van der Waals surface area contributed by atoms with E-state index in [4.69, 9.17) is 4.42 Å². The number of aryl methyl sites for hydroxylation is 1. The van der Waals surface area contributed by atoms with Gasteiger partial charge in [0.2, 0.25) is 0 Å². The maximum absolute atomic E-state index is 5.20. The summed E-state index contributed by atoms with van der Waals surface area (Å²) < 4.78 is 6.02. The third-order valence-electron chi connectivity index (χ3n) is 1.48. The SMILES string of the molecule is Cc1coc(Sc2cccc(Br)n2)n1. The minimum Gasteiger partial charge on any atom is -0.439 e. The molecule has 0 bridgehead atoms. The number of aromatic nitrogens is 2. The van der Waals surface area contributed by atoms with E-state index >= 15 is 0 Å². The Labute approximate surface area is 94.1 Å². The zero-order valence-electron chi connectivity index (χ0n) is 7.40.